The molecule has 1 N–H and O–H groups in total. The summed E-state index contributed by atoms with van der Waals surface area (Å²) in [6.45, 7) is 0. The maximum Gasteiger partial charge on any atom is 0.0789 e. The number of aliphatic hydroxyl groups excluding tert-OH is 1. The molecule has 5 atom stereocenters. The van der Waals surface area contributed by atoms with Crippen molar-refractivity contribution in [2.45, 2.75) is 12.5 Å². The van der Waals surface area contributed by atoms with Gasteiger partial charge in [0.25, 0.3) is 0 Å². The molecule has 0 fully saturated rings. The van der Waals surface area contributed by atoms with Gasteiger partial charge in [-0.3, -0.25) is 0 Å². The van der Waals surface area contributed by atoms with Crippen LogP contribution in [0.1, 0.15) is 6.42 Å². The lowest BCUT2D eigenvalue weighted by Crippen LogP contribution is -2.30. The molecule has 2 bridgehead atoms. The van der Waals surface area contributed by atoms with E-state index in [0.29, 0.717) is 17.8 Å². The first kappa shape index (κ1) is 7.57. The first-order chi connectivity index (χ1) is 6.36. The molecular formula is C12H14O. The average Bonchev–Trinajstić information content (AvgIpc) is 2.52. The van der Waals surface area contributed by atoms with Gasteiger partial charge >= 0.3 is 0 Å². The molecule has 0 saturated carbocycles. The van der Waals surface area contributed by atoms with Crippen LogP contribution in [0.2, 0.25) is 0 Å². The zero-order valence-corrected chi connectivity index (χ0v) is 7.51. The van der Waals surface area contributed by atoms with Gasteiger partial charge in [-0.05, 0) is 24.2 Å². The molecule has 0 aromatic heterocycles. The molecule has 4 aliphatic rings. The molecule has 13 heavy (non-hydrogen) atoms. The normalized spacial score (nSPS) is 51.0. The van der Waals surface area contributed by atoms with Crippen LogP contribution in [0.4, 0.5) is 0 Å². The van der Waals surface area contributed by atoms with Gasteiger partial charge in [-0.15, -0.1) is 0 Å². The summed E-state index contributed by atoms with van der Waals surface area (Å²) in [5.41, 5.74) is 0. The molecule has 0 amide bonds. The van der Waals surface area contributed by atoms with Crippen LogP contribution in [0.15, 0.2) is 36.5 Å². The second-order valence-corrected chi connectivity index (χ2v) is 4.32. The molecule has 1 nitrogen and oxygen atoms in total. The summed E-state index contributed by atoms with van der Waals surface area (Å²) in [5, 5.41) is 9.85. The number of allylic oxidation sites excluding steroid dienone is 4. The van der Waals surface area contributed by atoms with Crippen LogP contribution in [0.25, 0.3) is 0 Å². The minimum absolute atomic E-state index is 0.265. The van der Waals surface area contributed by atoms with Crippen LogP contribution in [0.5, 0.6) is 0 Å². The van der Waals surface area contributed by atoms with Crippen LogP contribution in [-0.2, 0) is 0 Å². The molecule has 4 aliphatic carbocycles. The minimum Gasteiger partial charge on any atom is -0.388 e. The van der Waals surface area contributed by atoms with Crippen molar-refractivity contribution in [2.24, 2.45) is 23.7 Å². The summed E-state index contributed by atoms with van der Waals surface area (Å²) in [4.78, 5) is 0. The summed E-state index contributed by atoms with van der Waals surface area (Å²) < 4.78 is 0. The predicted molar refractivity (Wildman–Crippen MR) is 52.0 cm³/mol. The maximum atomic E-state index is 9.85. The van der Waals surface area contributed by atoms with E-state index in [4.69, 9.17) is 0 Å². The second kappa shape index (κ2) is 2.58. The van der Waals surface area contributed by atoms with E-state index in [1.165, 1.54) is 6.42 Å². The maximum absolute atomic E-state index is 9.85. The molecule has 4 rings (SSSR count). The molecule has 0 radical (unpaired) electrons. The lowest BCUT2D eigenvalue weighted by atomic mass is 9.73. The van der Waals surface area contributed by atoms with E-state index >= 15 is 0 Å². The van der Waals surface area contributed by atoms with Gasteiger partial charge in [-0.2, -0.15) is 0 Å². The molecule has 1 heteroatoms. The van der Waals surface area contributed by atoms with Crippen molar-refractivity contribution < 1.29 is 5.11 Å². The Kier molecular flexibility index (Phi) is 1.50. The van der Waals surface area contributed by atoms with Gasteiger partial charge in [-0.25, -0.2) is 0 Å². The fourth-order valence-corrected chi connectivity index (χ4v) is 2.97. The zero-order valence-electron chi connectivity index (χ0n) is 7.51. The summed E-state index contributed by atoms with van der Waals surface area (Å²) in [7, 11) is 0. The Morgan fingerprint density at radius 2 is 1.77 bits per heavy atom. The van der Waals surface area contributed by atoms with Crippen molar-refractivity contribution >= 4 is 0 Å². The number of fused-ring (bicyclic) bond motifs is 1. The number of hydrogen-bond donors (Lipinski definition) is 1. The highest BCUT2D eigenvalue weighted by molar-refractivity contribution is 5.25. The third kappa shape index (κ3) is 0.969. The van der Waals surface area contributed by atoms with Crippen LogP contribution in [-0.4, -0.2) is 11.2 Å². The molecule has 0 spiro atoms. The highest BCUT2D eigenvalue weighted by Crippen LogP contribution is 2.45. The first-order valence-corrected chi connectivity index (χ1v) is 5.07. The van der Waals surface area contributed by atoms with E-state index in [-0.39, 0.29) is 6.10 Å². The number of aliphatic hydroxyl groups is 1. The van der Waals surface area contributed by atoms with Crippen molar-refractivity contribution in [1.82, 2.24) is 0 Å². The van der Waals surface area contributed by atoms with Crippen LogP contribution < -0.4 is 0 Å². The number of rotatable bonds is 0. The van der Waals surface area contributed by atoms with E-state index < -0.39 is 0 Å². The Bertz CT molecular complexity index is 300. The third-order valence-corrected chi connectivity index (χ3v) is 3.68. The first-order valence-electron chi connectivity index (χ1n) is 5.07. The third-order valence-electron chi connectivity index (χ3n) is 3.68. The van der Waals surface area contributed by atoms with Crippen molar-refractivity contribution in [3.8, 4) is 0 Å². The molecule has 0 saturated heterocycles. The van der Waals surface area contributed by atoms with Crippen molar-refractivity contribution in [3.05, 3.63) is 36.5 Å². The lowest BCUT2D eigenvalue weighted by molar-refractivity contribution is 0.132. The highest BCUT2D eigenvalue weighted by Gasteiger charge is 2.39. The SMILES string of the molecule is O[C@H]1C=CC2C=CC1C1C=CCC21. The van der Waals surface area contributed by atoms with Crippen molar-refractivity contribution in [1.29, 1.82) is 0 Å². The standard InChI is InChI=1S/C12H14O/c13-12-7-5-8-4-6-11(12)10-3-1-2-9(8)10/h1,3-13H,2H2/t8?,9?,10?,11?,12-/m0/s1. The fraction of sp³-hybridized carbons (Fsp3) is 0.500. The minimum atomic E-state index is -0.265. The van der Waals surface area contributed by atoms with Gasteiger partial charge < -0.3 is 5.11 Å². The van der Waals surface area contributed by atoms with E-state index in [9.17, 15) is 5.11 Å². The smallest absolute Gasteiger partial charge is 0.0789 e. The average molecular weight is 174 g/mol. The molecule has 4 unspecified atom stereocenters. The van der Waals surface area contributed by atoms with E-state index in [1.807, 2.05) is 6.08 Å². The van der Waals surface area contributed by atoms with E-state index in [2.05, 4.69) is 30.4 Å². The molecular weight excluding hydrogens is 160 g/mol. The van der Waals surface area contributed by atoms with Gasteiger partial charge in [0, 0.05) is 5.92 Å². The van der Waals surface area contributed by atoms with E-state index in [1.54, 1.807) is 0 Å². The van der Waals surface area contributed by atoms with E-state index in [0.717, 1.165) is 5.92 Å². The summed E-state index contributed by atoms with van der Waals surface area (Å²) >= 11 is 0. The fourth-order valence-electron chi connectivity index (χ4n) is 2.97. The Morgan fingerprint density at radius 3 is 2.69 bits per heavy atom. The molecule has 0 heterocycles. The zero-order chi connectivity index (χ0) is 8.84. The van der Waals surface area contributed by atoms with Crippen LogP contribution in [0, 0.1) is 23.7 Å². The number of hydrogen-bond acceptors (Lipinski definition) is 1. The second-order valence-electron chi connectivity index (χ2n) is 4.32. The van der Waals surface area contributed by atoms with Crippen LogP contribution in [0.3, 0.4) is 0 Å². The van der Waals surface area contributed by atoms with Gasteiger partial charge in [0.2, 0.25) is 0 Å². The van der Waals surface area contributed by atoms with Gasteiger partial charge in [0.1, 0.15) is 0 Å². The summed E-state index contributed by atoms with van der Waals surface area (Å²) in [6, 6.07) is 0. The Morgan fingerprint density at radius 1 is 0.923 bits per heavy atom. The quantitative estimate of drug-likeness (QED) is 0.556. The monoisotopic (exact) mass is 174 g/mol. The Balaban J connectivity index is 2.05. The van der Waals surface area contributed by atoms with Crippen molar-refractivity contribution in [2.75, 3.05) is 0 Å². The Labute approximate surface area is 78.5 Å². The predicted octanol–water partition coefficient (Wildman–Crippen LogP) is 1.91. The molecule has 0 aliphatic heterocycles. The molecule has 0 aromatic rings. The highest BCUT2D eigenvalue weighted by atomic mass is 16.3. The molecule has 0 aromatic carbocycles. The lowest BCUT2D eigenvalue weighted by Gasteiger charge is -2.32. The Hall–Kier alpha value is -0.820. The largest absolute Gasteiger partial charge is 0.388 e. The van der Waals surface area contributed by atoms with Gasteiger partial charge in [0.15, 0.2) is 0 Å². The van der Waals surface area contributed by atoms with Crippen LogP contribution >= 0.6 is 0 Å². The van der Waals surface area contributed by atoms with Gasteiger partial charge in [-0.1, -0.05) is 36.5 Å². The summed E-state index contributed by atoms with van der Waals surface area (Å²) in [5.74, 6) is 2.20. The van der Waals surface area contributed by atoms with Crippen molar-refractivity contribution in [3.63, 3.8) is 0 Å². The summed E-state index contributed by atoms with van der Waals surface area (Å²) in [6.07, 6.45) is 14.1. The topological polar surface area (TPSA) is 20.2 Å². The molecule has 68 valence electrons. The van der Waals surface area contributed by atoms with Gasteiger partial charge in [0.05, 0.1) is 6.10 Å².